The molecule has 0 N–H and O–H groups in total. The number of allylic oxidation sites excluding steroid dienone is 1. The molecule has 2 atom stereocenters. The summed E-state index contributed by atoms with van der Waals surface area (Å²) in [5, 5.41) is 0. The molecule has 0 aliphatic heterocycles. The summed E-state index contributed by atoms with van der Waals surface area (Å²) in [5.74, 6) is 1.69. The monoisotopic (exact) mass is 260 g/mol. The second-order valence-corrected chi connectivity index (χ2v) is 4.42. The number of hydrogen-bond donors (Lipinski definition) is 0. The van der Waals surface area contributed by atoms with Gasteiger partial charge in [0.05, 0.1) is 12.5 Å². The third-order valence-corrected chi connectivity index (χ3v) is 3.31. The Bertz CT molecular complexity index is 269. The highest BCUT2D eigenvalue weighted by atomic mass is 79.9. The van der Waals surface area contributed by atoms with Crippen molar-refractivity contribution in [1.29, 1.82) is 0 Å². The van der Waals surface area contributed by atoms with Crippen LogP contribution in [0.25, 0.3) is 0 Å². The van der Waals surface area contributed by atoms with Gasteiger partial charge in [-0.2, -0.15) is 0 Å². The molecule has 0 aromatic carbocycles. The Kier molecular flexibility index (Phi) is 4.36. The van der Waals surface area contributed by atoms with Crippen LogP contribution >= 0.6 is 15.9 Å². The van der Waals surface area contributed by atoms with E-state index in [2.05, 4.69) is 15.9 Å². The molecule has 0 spiro atoms. The van der Waals surface area contributed by atoms with Gasteiger partial charge in [0.1, 0.15) is 5.94 Å². The van der Waals surface area contributed by atoms with Crippen LogP contribution in [-0.4, -0.2) is 23.3 Å². The third kappa shape index (κ3) is 2.69. The fraction of sp³-hybridized carbons (Fsp3) is 0.700. The number of halogens is 1. The van der Waals surface area contributed by atoms with E-state index in [1.54, 1.807) is 6.92 Å². The number of carbonyl (C=O) groups excluding carboxylic acids is 2. The summed E-state index contributed by atoms with van der Waals surface area (Å²) in [6.07, 6.45) is 1.98. The van der Waals surface area contributed by atoms with Crippen LogP contribution in [0.2, 0.25) is 0 Å². The standard InChI is InChI=1S/C10H13BrO3/c1-2-14-10(13)7-3-4-8(6-12)9(11)5-7/h7,9H,2-5H2,1H3. The van der Waals surface area contributed by atoms with E-state index >= 15 is 0 Å². The lowest BCUT2D eigenvalue weighted by Crippen LogP contribution is -2.26. The van der Waals surface area contributed by atoms with E-state index in [0.29, 0.717) is 25.9 Å². The van der Waals surface area contributed by atoms with Crippen molar-refractivity contribution in [2.75, 3.05) is 6.61 Å². The van der Waals surface area contributed by atoms with Crippen molar-refractivity contribution in [3.8, 4) is 0 Å². The zero-order chi connectivity index (χ0) is 10.6. The zero-order valence-electron chi connectivity index (χ0n) is 8.09. The first-order valence-electron chi connectivity index (χ1n) is 4.73. The normalized spacial score (nSPS) is 26.9. The highest BCUT2D eigenvalue weighted by molar-refractivity contribution is 9.09. The molecule has 1 aliphatic carbocycles. The van der Waals surface area contributed by atoms with Crippen molar-refractivity contribution >= 4 is 27.8 Å². The number of alkyl halides is 1. The maximum absolute atomic E-state index is 11.4. The van der Waals surface area contributed by atoms with Gasteiger partial charge in [-0.3, -0.25) is 4.79 Å². The summed E-state index contributed by atoms with van der Waals surface area (Å²) >= 11 is 3.37. The first-order valence-corrected chi connectivity index (χ1v) is 5.65. The maximum Gasteiger partial charge on any atom is 0.308 e. The lowest BCUT2D eigenvalue weighted by molar-refractivity contribution is -0.148. The minimum absolute atomic E-state index is 0.0110. The third-order valence-electron chi connectivity index (χ3n) is 2.38. The van der Waals surface area contributed by atoms with Crippen LogP contribution in [0, 0.1) is 5.92 Å². The van der Waals surface area contributed by atoms with Gasteiger partial charge >= 0.3 is 5.97 Å². The van der Waals surface area contributed by atoms with Gasteiger partial charge in [0.2, 0.25) is 0 Å². The Balaban J connectivity index is 2.54. The van der Waals surface area contributed by atoms with Gasteiger partial charge in [-0.25, -0.2) is 4.79 Å². The van der Waals surface area contributed by atoms with E-state index in [4.69, 9.17) is 4.74 Å². The van der Waals surface area contributed by atoms with Gasteiger partial charge in [0, 0.05) is 10.4 Å². The lowest BCUT2D eigenvalue weighted by Gasteiger charge is -2.24. The molecule has 1 rings (SSSR count). The largest absolute Gasteiger partial charge is 0.466 e. The number of hydrogen-bond acceptors (Lipinski definition) is 3. The van der Waals surface area contributed by atoms with Gasteiger partial charge in [-0.1, -0.05) is 15.9 Å². The fourth-order valence-corrected chi connectivity index (χ4v) is 2.36. The minimum Gasteiger partial charge on any atom is -0.466 e. The Morgan fingerprint density at radius 1 is 1.71 bits per heavy atom. The molecule has 1 aliphatic rings. The maximum atomic E-state index is 11.4. The molecule has 4 heteroatoms. The molecule has 2 unspecified atom stereocenters. The Labute approximate surface area is 91.6 Å². The SMILES string of the molecule is CCOC(=O)C1CCC(=C=O)C(Br)C1. The van der Waals surface area contributed by atoms with Gasteiger partial charge < -0.3 is 4.74 Å². The summed E-state index contributed by atoms with van der Waals surface area (Å²) in [6.45, 7) is 2.21. The Morgan fingerprint density at radius 2 is 2.43 bits per heavy atom. The summed E-state index contributed by atoms with van der Waals surface area (Å²) in [7, 11) is 0. The van der Waals surface area contributed by atoms with Crippen LogP contribution in [0.1, 0.15) is 26.2 Å². The molecule has 0 saturated heterocycles. The van der Waals surface area contributed by atoms with Crippen molar-refractivity contribution in [3.05, 3.63) is 5.57 Å². The predicted octanol–water partition coefficient (Wildman–Crippen LogP) is 1.87. The van der Waals surface area contributed by atoms with Crippen molar-refractivity contribution in [1.82, 2.24) is 0 Å². The Hall–Kier alpha value is -0.600. The van der Waals surface area contributed by atoms with Crippen LogP contribution in [-0.2, 0) is 14.3 Å². The second kappa shape index (κ2) is 5.32. The van der Waals surface area contributed by atoms with Crippen LogP contribution in [0.5, 0.6) is 0 Å². The van der Waals surface area contributed by atoms with Crippen molar-refractivity contribution in [2.24, 2.45) is 5.92 Å². The molecule has 1 fully saturated rings. The predicted molar refractivity (Wildman–Crippen MR) is 55.9 cm³/mol. The molecule has 3 nitrogen and oxygen atoms in total. The zero-order valence-corrected chi connectivity index (χ0v) is 9.67. The average Bonchev–Trinajstić information content (AvgIpc) is 2.18. The molecule has 1 saturated carbocycles. The molecular formula is C10H13BrO3. The van der Waals surface area contributed by atoms with E-state index in [0.717, 1.165) is 5.57 Å². The summed E-state index contributed by atoms with van der Waals surface area (Å²) < 4.78 is 4.93. The molecule has 0 aromatic heterocycles. The van der Waals surface area contributed by atoms with E-state index in [-0.39, 0.29) is 16.7 Å². The second-order valence-electron chi connectivity index (χ2n) is 3.32. The van der Waals surface area contributed by atoms with Crippen molar-refractivity contribution in [2.45, 2.75) is 31.0 Å². The molecule has 14 heavy (non-hydrogen) atoms. The summed E-state index contributed by atoms with van der Waals surface area (Å²) in [6, 6.07) is 0. The number of carbonyl (C=O) groups is 1. The van der Waals surface area contributed by atoms with Crippen LogP contribution in [0.4, 0.5) is 0 Å². The van der Waals surface area contributed by atoms with Crippen molar-refractivity contribution < 1.29 is 14.3 Å². The van der Waals surface area contributed by atoms with Crippen LogP contribution in [0.15, 0.2) is 5.57 Å². The molecule has 78 valence electrons. The Morgan fingerprint density at radius 3 is 2.93 bits per heavy atom. The highest BCUT2D eigenvalue weighted by Crippen LogP contribution is 2.32. The number of rotatable bonds is 2. The summed E-state index contributed by atoms with van der Waals surface area (Å²) in [4.78, 5) is 21.8. The van der Waals surface area contributed by atoms with E-state index in [1.165, 1.54) is 0 Å². The lowest BCUT2D eigenvalue weighted by atomic mass is 9.86. The minimum atomic E-state index is -0.151. The number of esters is 1. The molecular weight excluding hydrogens is 248 g/mol. The number of ether oxygens (including phenoxy) is 1. The molecule has 0 heterocycles. The molecule has 0 bridgehead atoms. The van der Waals surface area contributed by atoms with Gasteiger partial charge in [0.15, 0.2) is 0 Å². The van der Waals surface area contributed by atoms with Gasteiger partial charge in [-0.05, 0) is 26.2 Å². The first kappa shape index (κ1) is 11.5. The molecule has 0 radical (unpaired) electrons. The van der Waals surface area contributed by atoms with Crippen molar-refractivity contribution in [3.63, 3.8) is 0 Å². The highest BCUT2D eigenvalue weighted by Gasteiger charge is 2.30. The van der Waals surface area contributed by atoms with E-state index < -0.39 is 0 Å². The molecule has 0 amide bonds. The fourth-order valence-electron chi connectivity index (χ4n) is 1.59. The first-order chi connectivity index (χ1) is 6.69. The summed E-state index contributed by atoms with van der Waals surface area (Å²) in [5.41, 5.74) is 0.727. The van der Waals surface area contributed by atoms with Gasteiger partial charge in [0.25, 0.3) is 0 Å². The van der Waals surface area contributed by atoms with E-state index in [9.17, 15) is 9.59 Å². The quantitative estimate of drug-likeness (QED) is 0.433. The molecule has 0 aromatic rings. The van der Waals surface area contributed by atoms with Crippen LogP contribution in [0.3, 0.4) is 0 Å². The topological polar surface area (TPSA) is 43.4 Å². The smallest absolute Gasteiger partial charge is 0.308 e. The average molecular weight is 261 g/mol. The van der Waals surface area contributed by atoms with Crippen LogP contribution < -0.4 is 0 Å². The van der Waals surface area contributed by atoms with Gasteiger partial charge in [-0.15, -0.1) is 0 Å². The van der Waals surface area contributed by atoms with E-state index in [1.807, 2.05) is 5.94 Å².